The number of benzene rings is 1. The number of aromatic nitrogens is 2. The number of aryl methyl sites for hydroxylation is 2. The van der Waals surface area contributed by atoms with Crippen LogP contribution < -0.4 is 5.32 Å². The molecule has 4 bridgehead atoms. The molecule has 4 fully saturated rings. The van der Waals surface area contributed by atoms with E-state index in [1.54, 1.807) is 11.6 Å². The number of anilines is 1. The van der Waals surface area contributed by atoms with Crippen molar-refractivity contribution in [3.05, 3.63) is 47.3 Å². The highest BCUT2D eigenvalue weighted by Gasteiger charge is 2.61. The predicted molar refractivity (Wildman–Crippen MR) is 122 cm³/mol. The highest BCUT2D eigenvalue weighted by molar-refractivity contribution is 5.96. The standard InChI is InChI=1S/C26H33N3O3/c1-16-22(17(2)29(4)28-16)27-23(30)18(3)32-24(31)26-13-19-10-20(14-26)12-25(11-19,15-26)21-8-6-5-7-9-21/h5-9,18-20H,10-15H2,1-4H3,(H,27,30)/t18-,19-,20+,25?,26?/m0/s1. The first-order valence-corrected chi connectivity index (χ1v) is 11.8. The Morgan fingerprint density at radius 1 is 1.12 bits per heavy atom. The fraction of sp³-hybridized carbons (Fsp3) is 0.577. The number of amides is 1. The fourth-order valence-corrected chi connectivity index (χ4v) is 7.15. The van der Waals surface area contributed by atoms with E-state index in [4.69, 9.17) is 4.74 Å². The first-order chi connectivity index (χ1) is 15.2. The fourth-order valence-electron chi connectivity index (χ4n) is 7.15. The Balaban J connectivity index is 1.33. The second kappa shape index (κ2) is 7.46. The zero-order valence-corrected chi connectivity index (χ0v) is 19.5. The molecule has 6 nitrogen and oxygen atoms in total. The topological polar surface area (TPSA) is 73.2 Å². The van der Waals surface area contributed by atoms with E-state index in [1.807, 2.05) is 20.9 Å². The van der Waals surface area contributed by atoms with Gasteiger partial charge in [-0.1, -0.05) is 30.3 Å². The number of nitrogens with zero attached hydrogens (tertiary/aromatic N) is 2. The number of carbonyl (C=O) groups is 2. The molecular formula is C26H33N3O3. The molecule has 1 aromatic heterocycles. The molecule has 0 aliphatic heterocycles. The maximum atomic E-state index is 13.6. The van der Waals surface area contributed by atoms with Crippen LogP contribution in [0.4, 0.5) is 5.69 Å². The molecule has 2 aromatic rings. The number of nitrogens with one attached hydrogen (secondary N) is 1. The minimum Gasteiger partial charge on any atom is -0.452 e. The van der Waals surface area contributed by atoms with Gasteiger partial charge in [0.05, 0.1) is 22.5 Å². The van der Waals surface area contributed by atoms with E-state index >= 15 is 0 Å². The molecule has 0 radical (unpaired) electrons. The molecule has 1 N–H and O–H groups in total. The lowest BCUT2D eigenvalue weighted by atomic mass is 9.43. The molecule has 1 heterocycles. The van der Waals surface area contributed by atoms with Gasteiger partial charge in [0, 0.05) is 7.05 Å². The van der Waals surface area contributed by atoms with E-state index in [0.29, 0.717) is 17.5 Å². The second-order valence-electron chi connectivity index (χ2n) is 10.6. The Morgan fingerprint density at radius 2 is 1.78 bits per heavy atom. The molecule has 6 heteroatoms. The zero-order chi connectivity index (χ0) is 22.7. The van der Waals surface area contributed by atoms with Crippen molar-refractivity contribution >= 4 is 17.6 Å². The molecule has 170 valence electrons. The van der Waals surface area contributed by atoms with Gasteiger partial charge in [-0.25, -0.2) is 0 Å². The third-order valence-electron chi connectivity index (χ3n) is 8.29. The Kier molecular flexibility index (Phi) is 4.95. The van der Waals surface area contributed by atoms with Crippen LogP contribution in [0.15, 0.2) is 30.3 Å². The van der Waals surface area contributed by atoms with Crippen molar-refractivity contribution in [2.24, 2.45) is 24.3 Å². The minimum atomic E-state index is -0.845. The van der Waals surface area contributed by atoms with E-state index in [-0.39, 0.29) is 17.3 Å². The van der Waals surface area contributed by atoms with Crippen LogP contribution in [0.3, 0.4) is 0 Å². The number of hydrogen-bond acceptors (Lipinski definition) is 4. The van der Waals surface area contributed by atoms with Crippen LogP contribution in [-0.4, -0.2) is 27.8 Å². The summed E-state index contributed by atoms with van der Waals surface area (Å²) in [5, 5.41) is 7.25. The molecule has 0 spiro atoms. The number of ether oxygens (including phenoxy) is 1. The number of esters is 1. The molecule has 5 atom stereocenters. The molecule has 1 aromatic carbocycles. The first-order valence-electron chi connectivity index (χ1n) is 11.8. The number of rotatable bonds is 5. The van der Waals surface area contributed by atoms with Crippen LogP contribution in [-0.2, 0) is 26.8 Å². The first kappa shape index (κ1) is 21.2. The summed E-state index contributed by atoms with van der Waals surface area (Å²) < 4.78 is 7.59. The van der Waals surface area contributed by atoms with Gasteiger partial charge in [-0.3, -0.25) is 14.3 Å². The predicted octanol–water partition coefficient (Wildman–Crippen LogP) is 4.45. The Hall–Kier alpha value is -2.63. The van der Waals surface area contributed by atoms with Crippen molar-refractivity contribution < 1.29 is 14.3 Å². The summed E-state index contributed by atoms with van der Waals surface area (Å²) in [6.45, 7) is 5.43. The summed E-state index contributed by atoms with van der Waals surface area (Å²) in [5.41, 5.74) is 3.29. The molecule has 2 unspecified atom stereocenters. The van der Waals surface area contributed by atoms with Gasteiger partial charge < -0.3 is 10.1 Å². The Labute approximate surface area is 189 Å². The van der Waals surface area contributed by atoms with E-state index in [0.717, 1.165) is 43.5 Å². The van der Waals surface area contributed by atoms with Gasteiger partial charge in [-0.05, 0) is 82.1 Å². The smallest absolute Gasteiger partial charge is 0.312 e. The maximum absolute atomic E-state index is 13.6. The van der Waals surface area contributed by atoms with Gasteiger partial charge in [-0.2, -0.15) is 5.10 Å². The van der Waals surface area contributed by atoms with Gasteiger partial charge in [0.15, 0.2) is 6.10 Å². The number of carbonyl (C=O) groups excluding carboxylic acids is 2. The highest BCUT2D eigenvalue weighted by Crippen LogP contribution is 2.66. The van der Waals surface area contributed by atoms with Crippen molar-refractivity contribution in [2.75, 3.05) is 5.32 Å². The lowest BCUT2D eigenvalue weighted by Gasteiger charge is -2.61. The summed E-state index contributed by atoms with van der Waals surface area (Å²) in [6, 6.07) is 10.7. The molecular weight excluding hydrogens is 402 g/mol. The molecule has 4 saturated carbocycles. The van der Waals surface area contributed by atoms with Gasteiger partial charge in [-0.15, -0.1) is 0 Å². The molecule has 4 aliphatic rings. The minimum absolute atomic E-state index is 0.0692. The lowest BCUT2D eigenvalue weighted by molar-refractivity contribution is -0.180. The van der Waals surface area contributed by atoms with Crippen molar-refractivity contribution in [2.45, 2.75) is 70.8 Å². The third kappa shape index (κ3) is 3.35. The van der Waals surface area contributed by atoms with Crippen molar-refractivity contribution in [3.63, 3.8) is 0 Å². The van der Waals surface area contributed by atoms with Crippen LogP contribution in [0.1, 0.15) is 62.4 Å². The van der Waals surface area contributed by atoms with E-state index < -0.39 is 11.5 Å². The molecule has 1 amide bonds. The molecule has 4 aliphatic carbocycles. The van der Waals surface area contributed by atoms with Gasteiger partial charge in [0.25, 0.3) is 5.91 Å². The summed E-state index contributed by atoms with van der Waals surface area (Å²) in [5.74, 6) is 0.636. The monoisotopic (exact) mass is 435 g/mol. The van der Waals surface area contributed by atoms with Crippen LogP contribution in [0.25, 0.3) is 0 Å². The molecule has 0 saturated heterocycles. The van der Waals surface area contributed by atoms with Crippen molar-refractivity contribution in [1.29, 1.82) is 0 Å². The molecule has 6 rings (SSSR count). The Bertz CT molecular complexity index is 1040. The summed E-state index contributed by atoms with van der Waals surface area (Å²) >= 11 is 0. The normalized spacial score (nSPS) is 31.4. The van der Waals surface area contributed by atoms with Crippen LogP contribution in [0, 0.1) is 31.1 Å². The van der Waals surface area contributed by atoms with Crippen molar-refractivity contribution in [3.8, 4) is 0 Å². The zero-order valence-electron chi connectivity index (χ0n) is 19.5. The summed E-state index contributed by atoms with van der Waals surface area (Å²) in [4.78, 5) is 26.4. The van der Waals surface area contributed by atoms with Crippen LogP contribution >= 0.6 is 0 Å². The van der Waals surface area contributed by atoms with E-state index in [1.165, 1.54) is 12.0 Å². The van der Waals surface area contributed by atoms with Gasteiger partial charge in [0.1, 0.15) is 0 Å². The molecule has 32 heavy (non-hydrogen) atoms. The largest absolute Gasteiger partial charge is 0.452 e. The van der Waals surface area contributed by atoms with Crippen LogP contribution in [0.5, 0.6) is 0 Å². The lowest BCUT2D eigenvalue weighted by Crippen LogP contribution is -2.57. The quantitative estimate of drug-likeness (QED) is 0.705. The van der Waals surface area contributed by atoms with E-state index in [2.05, 4.69) is 40.7 Å². The maximum Gasteiger partial charge on any atom is 0.312 e. The average Bonchev–Trinajstić information content (AvgIpc) is 2.99. The van der Waals surface area contributed by atoms with E-state index in [9.17, 15) is 9.59 Å². The van der Waals surface area contributed by atoms with Crippen molar-refractivity contribution in [1.82, 2.24) is 9.78 Å². The summed E-state index contributed by atoms with van der Waals surface area (Å²) in [6.07, 6.45) is 5.33. The van der Waals surface area contributed by atoms with Gasteiger partial charge in [0.2, 0.25) is 0 Å². The number of hydrogen-bond donors (Lipinski definition) is 1. The SMILES string of the molecule is Cc1nn(C)c(C)c1NC(=O)[C@H](C)OC(=O)C12C[C@H]3C[C@@H](C1)CC(c1ccccc1)(C3)C2. The second-order valence-corrected chi connectivity index (χ2v) is 10.6. The highest BCUT2D eigenvalue weighted by atomic mass is 16.5. The van der Waals surface area contributed by atoms with Crippen LogP contribution in [0.2, 0.25) is 0 Å². The third-order valence-corrected chi connectivity index (χ3v) is 8.29. The Morgan fingerprint density at radius 3 is 2.38 bits per heavy atom. The average molecular weight is 436 g/mol. The summed E-state index contributed by atoms with van der Waals surface area (Å²) in [7, 11) is 1.84. The van der Waals surface area contributed by atoms with Gasteiger partial charge >= 0.3 is 5.97 Å².